The molecular weight excluding hydrogens is 200 g/mol. The Morgan fingerprint density at radius 1 is 1.64 bits per heavy atom. The maximum absolute atomic E-state index is 11.3. The lowest BCUT2D eigenvalue weighted by molar-refractivity contribution is -0.116. The van der Waals surface area contributed by atoms with Gasteiger partial charge >= 0.3 is 0 Å². The fourth-order valence-electron chi connectivity index (χ4n) is 1.07. The van der Waals surface area contributed by atoms with Crippen LogP contribution in [-0.2, 0) is 4.79 Å². The first-order chi connectivity index (χ1) is 6.72. The van der Waals surface area contributed by atoms with E-state index in [0.717, 1.165) is 11.4 Å². The first-order valence-electron chi connectivity index (χ1n) is 4.51. The number of hydrogen-bond acceptors (Lipinski definition) is 2. The topological polar surface area (TPSA) is 42.0 Å². The highest BCUT2D eigenvalue weighted by Crippen LogP contribution is 2.07. The largest absolute Gasteiger partial charge is 0.326 e. The third-order valence-corrected chi connectivity index (χ3v) is 1.99. The van der Waals surface area contributed by atoms with Gasteiger partial charge in [0.25, 0.3) is 0 Å². The van der Waals surface area contributed by atoms with E-state index >= 15 is 0 Å². The summed E-state index contributed by atoms with van der Waals surface area (Å²) < 4.78 is 0. The zero-order chi connectivity index (χ0) is 10.4. The van der Waals surface area contributed by atoms with Crippen LogP contribution in [0.5, 0.6) is 0 Å². The highest BCUT2D eigenvalue weighted by atomic mass is 35.5. The Balaban J connectivity index is 2.47. The quantitative estimate of drug-likeness (QED) is 0.779. The van der Waals surface area contributed by atoms with Crippen LogP contribution in [0.1, 0.15) is 18.5 Å². The van der Waals surface area contributed by atoms with Gasteiger partial charge in [0.05, 0.1) is 0 Å². The number of hydrogen-bond donors (Lipinski definition) is 1. The Kier molecular flexibility index (Phi) is 4.40. The van der Waals surface area contributed by atoms with Gasteiger partial charge in [0, 0.05) is 29.9 Å². The molecule has 0 fully saturated rings. The van der Waals surface area contributed by atoms with E-state index in [0.29, 0.717) is 18.7 Å². The summed E-state index contributed by atoms with van der Waals surface area (Å²) >= 11 is 5.48. The standard InChI is InChI=1S/C10H13ClN2O/c1-8-7-9(4-6-12-8)13-10(14)3-2-5-11/h4,6-7H,2-3,5H2,1H3,(H,12,13,14). The Bertz CT molecular complexity index is 315. The number of nitrogens with one attached hydrogen (secondary N) is 1. The maximum Gasteiger partial charge on any atom is 0.224 e. The van der Waals surface area contributed by atoms with Gasteiger partial charge in [-0.15, -0.1) is 11.6 Å². The van der Waals surface area contributed by atoms with Crippen LogP contribution in [0, 0.1) is 6.92 Å². The van der Waals surface area contributed by atoms with Crippen molar-refractivity contribution in [2.75, 3.05) is 11.2 Å². The molecule has 0 bridgehead atoms. The average Bonchev–Trinajstić information content (AvgIpc) is 2.15. The van der Waals surface area contributed by atoms with Crippen LogP contribution >= 0.6 is 11.6 Å². The van der Waals surface area contributed by atoms with Crippen LogP contribution in [0.25, 0.3) is 0 Å². The molecular formula is C10H13ClN2O. The van der Waals surface area contributed by atoms with Gasteiger partial charge < -0.3 is 5.32 Å². The van der Waals surface area contributed by atoms with Gasteiger partial charge in [-0.1, -0.05) is 0 Å². The Labute approximate surface area is 88.5 Å². The minimum atomic E-state index is -0.00347. The van der Waals surface area contributed by atoms with E-state index in [2.05, 4.69) is 10.3 Å². The zero-order valence-corrected chi connectivity index (χ0v) is 8.84. The molecule has 1 rings (SSSR count). The molecule has 76 valence electrons. The van der Waals surface area contributed by atoms with Crippen molar-refractivity contribution in [3.8, 4) is 0 Å². The molecule has 0 saturated carbocycles. The molecule has 1 aromatic heterocycles. The Morgan fingerprint density at radius 2 is 2.43 bits per heavy atom. The number of carbonyl (C=O) groups excluding carboxylic acids is 1. The molecule has 1 N–H and O–H groups in total. The summed E-state index contributed by atoms with van der Waals surface area (Å²) in [5, 5.41) is 2.78. The van der Waals surface area contributed by atoms with Gasteiger partial charge in [0.2, 0.25) is 5.91 Å². The van der Waals surface area contributed by atoms with Crippen molar-refractivity contribution in [3.05, 3.63) is 24.0 Å². The van der Waals surface area contributed by atoms with Gasteiger partial charge in [-0.3, -0.25) is 9.78 Å². The second-order valence-corrected chi connectivity index (χ2v) is 3.40. The number of aryl methyl sites for hydroxylation is 1. The van der Waals surface area contributed by atoms with Gasteiger partial charge in [-0.25, -0.2) is 0 Å². The number of aromatic nitrogens is 1. The van der Waals surface area contributed by atoms with Gasteiger partial charge in [-0.05, 0) is 25.5 Å². The molecule has 0 aliphatic heterocycles. The van der Waals surface area contributed by atoms with E-state index in [1.54, 1.807) is 12.3 Å². The van der Waals surface area contributed by atoms with Crippen molar-refractivity contribution in [1.82, 2.24) is 4.98 Å². The minimum absolute atomic E-state index is 0.00347. The van der Waals surface area contributed by atoms with Crippen LogP contribution in [0.4, 0.5) is 5.69 Å². The molecule has 1 aromatic rings. The molecule has 3 nitrogen and oxygen atoms in total. The van der Waals surface area contributed by atoms with Gasteiger partial charge in [0.15, 0.2) is 0 Å². The highest BCUT2D eigenvalue weighted by molar-refractivity contribution is 6.18. The lowest BCUT2D eigenvalue weighted by atomic mass is 10.3. The number of amides is 1. The van der Waals surface area contributed by atoms with Crippen LogP contribution in [0.3, 0.4) is 0 Å². The normalized spacial score (nSPS) is 9.86. The molecule has 0 aromatic carbocycles. The van der Waals surface area contributed by atoms with Gasteiger partial charge in [-0.2, -0.15) is 0 Å². The van der Waals surface area contributed by atoms with Crippen LogP contribution in [0.2, 0.25) is 0 Å². The fraction of sp³-hybridized carbons (Fsp3) is 0.400. The summed E-state index contributed by atoms with van der Waals surface area (Å²) in [5.41, 5.74) is 1.68. The van der Waals surface area contributed by atoms with Crippen molar-refractivity contribution in [2.45, 2.75) is 19.8 Å². The molecule has 0 spiro atoms. The van der Waals surface area contributed by atoms with E-state index < -0.39 is 0 Å². The van der Waals surface area contributed by atoms with Gasteiger partial charge in [0.1, 0.15) is 0 Å². The van der Waals surface area contributed by atoms with Crippen molar-refractivity contribution < 1.29 is 4.79 Å². The lowest BCUT2D eigenvalue weighted by Gasteiger charge is -2.04. The number of alkyl halides is 1. The van der Waals surface area contributed by atoms with Crippen molar-refractivity contribution >= 4 is 23.2 Å². The predicted molar refractivity (Wildman–Crippen MR) is 57.6 cm³/mol. The number of halogens is 1. The first-order valence-corrected chi connectivity index (χ1v) is 5.04. The third-order valence-electron chi connectivity index (χ3n) is 1.72. The summed E-state index contributed by atoms with van der Waals surface area (Å²) in [6.07, 6.45) is 2.84. The molecule has 14 heavy (non-hydrogen) atoms. The molecule has 1 amide bonds. The van der Waals surface area contributed by atoms with Crippen molar-refractivity contribution in [1.29, 1.82) is 0 Å². The fourth-order valence-corrected chi connectivity index (χ4v) is 1.21. The maximum atomic E-state index is 11.3. The third kappa shape index (κ3) is 3.75. The van der Waals surface area contributed by atoms with Crippen molar-refractivity contribution in [2.24, 2.45) is 0 Å². The first kappa shape index (κ1) is 11.0. The number of rotatable bonds is 4. The molecule has 0 atom stereocenters. The Hall–Kier alpha value is -1.09. The second kappa shape index (κ2) is 5.60. The number of carbonyl (C=O) groups is 1. The van der Waals surface area contributed by atoms with E-state index in [9.17, 15) is 4.79 Å². The Morgan fingerprint density at radius 3 is 3.07 bits per heavy atom. The molecule has 0 radical (unpaired) electrons. The van der Waals surface area contributed by atoms with Crippen molar-refractivity contribution in [3.63, 3.8) is 0 Å². The van der Waals surface area contributed by atoms with Crippen LogP contribution in [-0.4, -0.2) is 16.8 Å². The second-order valence-electron chi connectivity index (χ2n) is 3.03. The summed E-state index contributed by atoms with van der Waals surface area (Å²) in [7, 11) is 0. The average molecular weight is 213 g/mol. The van der Waals surface area contributed by atoms with Crippen LogP contribution in [0.15, 0.2) is 18.3 Å². The van der Waals surface area contributed by atoms with E-state index in [-0.39, 0.29) is 5.91 Å². The van der Waals surface area contributed by atoms with E-state index in [1.165, 1.54) is 0 Å². The predicted octanol–water partition coefficient (Wildman–Crippen LogP) is 2.35. The number of pyridine rings is 1. The highest BCUT2D eigenvalue weighted by Gasteiger charge is 2.01. The molecule has 0 aliphatic rings. The molecule has 0 unspecified atom stereocenters. The summed E-state index contributed by atoms with van der Waals surface area (Å²) in [5.74, 6) is 0.513. The number of anilines is 1. The smallest absolute Gasteiger partial charge is 0.224 e. The molecule has 4 heteroatoms. The molecule has 0 saturated heterocycles. The monoisotopic (exact) mass is 212 g/mol. The SMILES string of the molecule is Cc1cc(NC(=O)CCCCl)ccn1. The summed E-state index contributed by atoms with van der Waals surface area (Å²) in [6, 6.07) is 3.60. The molecule has 0 aliphatic carbocycles. The van der Waals surface area contributed by atoms with E-state index in [1.807, 2.05) is 13.0 Å². The number of nitrogens with zero attached hydrogens (tertiary/aromatic N) is 1. The summed E-state index contributed by atoms with van der Waals surface area (Å²) in [4.78, 5) is 15.3. The summed E-state index contributed by atoms with van der Waals surface area (Å²) in [6.45, 7) is 1.88. The van der Waals surface area contributed by atoms with Crippen LogP contribution < -0.4 is 5.32 Å². The van der Waals surface area contributed by atoms with E-state index in [4.69, 9.17) is 11.6 Å². The lowest BCUT2D eigenvalue weighted by Crippen LogP contribution is -2.11. The zero-order valence-electron chi connectivity index (χ0n) is 8.09. The molecule has 1 heterocycles. The minimum Gasteiger partial charge on any atom is -0.326 e.